The Kier molecular flexibility index (Phi) is 2.20. The van der Waals surface area contributed by atoms with E-state index >= 15 is 0 Å². The van der Waals surface area contributed by atoms with E-state index in [1.807, 2.05) is 0 Å². The molecule has 3 N–H and O–H groups in total. The van der Waals surface area contributed by atoms with Crippen molar-refractivity contribution in [2.75, 3.05) is 0 Å². The van der Waals surface area contributed by atoms with Crippen LogP contribution in [0.2, 0.25) is 0 Å². The molecule has 2 rings (SSSR count). The lowest BCUT2D eigenvalue weighted by molar-refractivity contribution is 0.144. The molecule has 0 aliphatic rings. The number of nitrogens with zero attached hydrogens (tertiary/aromatic N) is 2. The topological polar surface area (TPSA) is 113 Å². The molecule has 0 aliphatic carbocycles. The first-order valence-electron chi connectivity index (χ1n) is 4.17. The van der Waals surface area contributed by atoms with Crippen molar-refractivity contribution in [2.24, 2.45) is 0 Å². The van der Waals surface area contributed by atoms with E-state index in [0.29, 0.717) is 5.52 Å². The zero-order valence-electron chi connectivity index (χ0n) is 7.78. The fraction of sp³-hybridized carbons (Fsp3) is 0. The van der Waals surface area contributed by atoms with Gasteiger partial charge < -0.3 is 20.1 Å². The van der Waals surface area contributed by atoms with Crippen LogP contribution in [-0.2, 0) is 0 Å². The van der Waals surface area contributed by atoms with Crippen LogP contribution in [0, 0.1) is 0 Å². The van der Waals surface area contributed by atoms with Crippen LogP contribution in [0.15, 0.2) is 18.2 Å². The van der Waals surface area contributed by atoms with Crippen molar-refractivity contribution >= 4 is 17.2 Å². The van der Waals surface area contributed by atoms with Crippen LogP contribution in [0.3, 0.4) is 0 Å². The fourth-order valence-electron chi connectivity index (χ4n) is 1.18. The molecule has 2 aromatic rings. The molecule has 0 aliphatic heterocycles. The van der Waals surface area contributed by atoms with Gasteiger partial charge in [-0.3, -0.25) is 0 Å². The van der Waals surface area contributed by atoms with Crippen LogP contribution in [0.1, 0.15) is 0 Å². The second kappa shape index (κ2) is 3.54. The van der Waals surface area contributed by atoms with Gasteiger partial charge in [-0.15, -0.1) is 0 Å². The molecule has 7 nitrogen and oxygen atoms in total. The third kappa shape index (κ3) is 1.78. The number of hydrogen-bond acceptors (Lipinski definition) is 6. The Morgan fingerprint density at radius 3 is 2.38 bits per heavy atom. The average Bonchev–Trinajstić information content (AvgIpc) is 2.19. The van der Waals surface area contributed by atoms with Crippen LogP contribution >= 0.6 is 0 Å². The average molecular weight is 222 g/mol. The van der Waals surface area contributed by atoms with Crippen molar-refractivity contribution in [3.05, 3.63) is 18.2 Å². The third-order valence-electron chi connectivity index (χ3n) is 1.80. The van der Waals surface area contributed by atoms with E-state index in [9.17, 15) is 4.79 Å². The summed E-state index contributed by atoms with van der Waals surface area (Å²) in [4.78, 5) is 17.5. The quantitative estimate of drug-likeness (QED) is 0.489. The van der Waals surface area contributed by atoms with Gasteiger partial charge in [-0.25, -0.2) is 14.8 Å². The van der Waals surface area contributed by atoms with Crippen LogP contribution in [-0.4, -0.2) is 31.4 Å². The van der Waals surface area contributed by atoms with Crippen molar-refractivity contribution < 1.29 is 24.9 Å². The summed E-state index contributed by atoms with van der Waals surface area (Å²) < 4.78 is 4.40. The molecule has 0 radical (unpaired) electrons. The fourth-order valence-corrected chi connectivity index (χ4v) is 1.18. The zero-order valence-corrected chi connectivity index (χ0v) is 7.78. The first-order valence-corrected chi connectivity index (χ1v) is 4.17. The summed E-state index contributed by atoms with van der Waals surface area (Å²) in [5.74, 6) is -1.15. The zero-order chi connectivity index (χ0) is 11.7. The number of benzene rings is 1. The minimum Gasteiger partial charge on any atom is -0.489 e. The molecular weight excluding hydrogens is 216 g/mol. The number of carboxylic acid groups (broad SMARTS) is 1. The summed E-state index contributed by atoms with van der Waals surface area (Å²) in [5, 5.41) is 26.6. The highest BCUT2D eigenvalue weighted by atomic mass is 16.7. The maximum atomic E-state index is 10.3. The molecule has 1 aromatic heterocycles. The molecular formula is C9H6N2O5. The molecule has 1 heterocycles. The van der Waals surface area contributed by atoms with Gasteiger partial charge in [0.2, 0.25) is 0 Å². The molecule has 0 fully saturated rings. The second-order valence-corrected chi connectivity index (χ2v) is 2.89. The third-order valence-corrected chi connectivity index (χ3v) is 1.80. The van der Waals surface area contributed by atoms with E-state index < -0.39 is 17.9 Å². The Balaban J connectivity index is 2.53. The number of hydrogen-bond donors (Lipinski definition) is 3. The predicted octanol–water partition coefficient (Wildman–Crippen LogP) is 1.10. The van der Waals surface area contributed by atoms with Gasteiger partial charge in [0.15, 0.2) is 0 Å². The molecule has 0 unspecified atom stereocenters. The van der Waals surface area contributed by atoms with E-state index in [4.69, 9.17) is 15.3 Å². The SMILES string of the molecule is O=C(O)Oc1ccc2nc(O)c(O)nc2c1. The van der Waals surface area contributed by atoms with Gasteiger partial charge in [-0.2, -0.15) is 0 Å². The number of fused-ring (bicyclic) bond motifs is 1. The van der Waals surface area contributed by atoms with E-state index in [2.05, 4.69) is 14.7 Å². The van der Waals surface area contributed by atoms with Crippen LogP contribution in [0.5, 0.6) is 17.5 Å². The summed E-state index contributed by atoms with van der Waals surface area (Å²) in [6.07, 6.45) is -1.45. The molecule has 16 heavy (non-hydrogen) atoms. The molecule has 0 atom stereocenters. The number of ether oxygens (including phenoxy) is 1. The van der Waals surface area contributed by atoms with Crippen LogP contribution < -0.4 is 4.74 Å². The normalized spacial score (nSPS) is 10.2. The van der Waals surface area contributed by atoms with Gasteiger partial charge in [0.25, 0.3) is 11.8 Å². The lowest BCUT2D eigenvalue weighted by atomic mass is 10.3. The van der Waals surface area contributed by atoms with Crippen molar-refractivity contribution in [3.8, 4) is 17.5 Å². The largest absolute Gasteiger partial charge is 0.511 e. The van der Waals surface area contributed by atoms with Gasteiger partial charge in [-0.05, 0) is 12.1 Å². The van der Waals surface area contributed by atoms with E-state index in [-0.39, 0.29) is 11.3 Å². The lowest BCUT2D eigenvalue weighted by Crippen LogP contribution is -2.02. The van der Waals surface area contributed by atoms with E-state index in [1.165, 1.54) is 18.2 Å². The van der Waals surface area contributed by atoms with Gasteiger partial charge in [0.1, 0.15) is 5.75 Å². The predicted molar refractivity (Wildman–Crippen MR) is 51.5 cm³/mol. The lowest BCUT2D eigenvalue weighted by Gasteiger charge is -2.02. The Morgan fingerprint density at radius 1 is 1.12 bits per heavy atom. The maximum Gasteiger partial charge on any atom is 0.511 e. The highest BCUT2D eigenvalue weighted by Gasteiger charge is 2.08. The molecule has 0 saturated carbocycles. The summed E-state index contributed by atoms with van der Waals surface area (Å²) in [6, 6.07) is 4.07. The van der Waals surface area contributed by atoms with Crippen molar-refractivity contribution in [3.63, 3.8) is 0 Å². The smallest absolute Gasteiger partial charge is 0.489 e. The number of aromatic hydroxyl groups is 2. The van der Waals surface area contributed by atoms with Crippen molar-refractivity contribution in [1.82, 2.24) is 9.97 Å². The van der Waals surface area contributed by atoms with E-state index in [1.54, 1.807) is 0 Å². The Labute approximate surface area is 88.6 Å². The summed E-state index contributed by atoms with van der Waals surface area (Å²) in [6.45, 7) is 0. The highest BCUT2D eigenvalue weighted by Crippen LogP contribution is 2.25. The summed E-state index contributed by atoms with van der Waals surface area (Å²) in [5.41, 5.74) is 0.530. The Bertz CT molecular complexity index is 569. The van der Waals surface area contributed by atoms with Crippen LogP contribution in [0.4, 0.5) is 4.79 Å². The van der Waals surface area contributed by atoms with Gasteiger partial charge in [0.05, 0.1) is 11.0 Å². The Morgan fingerprint density at radius 2 is 1.75 bits per heavy atom. The van der Waals surface area contributed by atoms with Crippen molar-refractivity contribution in [1.29, 1.82) is 0 Å². The highest BCUT2D eigenvalue weighted by molar-refractivity contribution is 5.78. The second-order valence-electron chi connectivity index (χ2n) is 2.89. The molecule has 0 saturated heterocycles. The summed E-state index contributed by atoms with van der Waals surface area (Å²) >= 11 is 0. The van der Waals surface area contributed by atoms with Gasteiger partial charge in [-0.1, -0.05) is 0 Å². The minimum atomic E-state index is -1.45. The molecule has 7 heteroatoms. The molecule has 1 aromatic carbocycles. The molecule has 0 spiro atoms. The first-order chi connectivity index (χ1) is 7.56. The summed E-state index contributed by atoms with van der Waals surface area (Å²) in [7, 11) is 0. The van der Waals surface area contributed by atoms with Gasteiger partial charge >= 0.3 is 6.16 Å². The van der Waals surface area contributed by atoms with E-state index in [0.717, 1.165) is 0 Å². The van der Waals surface area contributed by atoms with Crippen molar-refractivity contribution in [2.45, 2.75) is 0 Å². The van der Waals surface area contributed by atoms with Gasteiger partial charge in [0, 0.05) is 6.07 Å². The first kappa shape index (κ1) is 9.97. The van der Waals surface area contributed by atoms with Crippen LogP contribution in [0.25, 0.3) is 11.0 Å². The maximum absolute atomic E-state index is 10.3. The molecule has 0 bridgehead atoms. The minimum absolute atomic E-state index is 0.0550. The molecule has 82 valence electrons. The number of carbonyl (C=O) groups is 1. The number of rotatable bonds is 1. The monoisotopic (exact) mass is 222 g/mol. The molecule has 0 amide bonds. The Hall–Kier alpha value is -2.57. The number of aromatic nitrogens is 2. The standard InChI is InChI=1S/C9H6N2O5/c12-7-8(13)11-6-3-4(16-9(14)15)1-2-5(6)10-7/h1-3H,(H,10,12)(H,11,13)(H,14,15).